The van der Waals surface area contributed by atoms with E-state index in [2.05, 4.69) is 17.1 Å². The molecule has 0 saturated carbocycles. The summed E-state index contributed by atoms with van der Waals surface area (Å²) < 4.78 is 0. The summed E-state index contributed by atoms with van der Waals surface area (Å²) in [6.07, 6.45) is 4.93. The van der Waals surface area contributed by atoms with Crippen molar-refractivity contribution in [1.82, 2.24) is 15.1 Å². The van der Waals surface area contributed by atoms with E-state index in [1.807, 2.05) is 4.90 Å². The van der Waals surface area contributed by atoms with E-state index in [-0.39, 0.29) is 11.8 Å². The molecule has 2 rings (SSSR count). The topological polar surface area (TPSA) is 52.7 Å². The van der Waals surface area contributed by atoms with E-state index in [4.69, 9.17) is 0 Å². The summed E-state index contributed by atoms with van der Waals surface area (Å²) in [4.78, 5) is 27.4. The quantitative estimate of drug-likeness (QED) is 0.734. The van der Waals surface area contributed by atoms with Crippen LogP contribution in [0.5, 0.6) is 0 Å². The van der Waals surface area contributed by atoms with Crippen LogP contribution in [-0.2, 0) is 9.59 Å². The number of hydrogen-bond donors (Lipinski definition) is 1. The van der Waals surface area contributed by atoms with Crippen LogP contribution in [0.15, 0.2) is 0 Å². The van der Waals surface area contributed by atoms with Crippen molar-refractivity contribution in [2.45, 2.75) is 39.0 Å². The van der Waals surface area contributed by atoms with Crippen molar-refractivity contribution >= 4 is 11.8 Å². The highest BCUT2D eigenvalue weighted by Crippen LogP contribution is 2.15. The van der Waals surface area contributed by atoms with Crippen molar-refractivity contribution in [2.24, 2.45) is 5.92 Å². The summed E-state index contributed by atoms with van der Waals surface area (Å²) in [5.74, 6) is 1.18. The van der Waals surface area contributed by atoms with Crippen LogP contribution in [-0.4, -0.2) is 60.9 Å². The number of amides is 2. The summed E-state index contributed by atoms with van der Waals surface area (Å²) in [6, 6.07) is 0. The van der Waals surface area contributed by atoms with Crippen molar-refractivity contribution in [2.75, 3.05) is 39.3 Å². The van der Waals surface area contributed by atoms with Gasteiger partial charge in [0.15, 0.2) is 0 Å². The molecular formula is C15H27N3O2. The van der Waals surface area contributed by atoms with Gasteiger partial charge in [0.25, 0.3) is 0 Å². The normalized spacial score (nSPS) is 21.4. The largest absolute Gasteiger partial charge is 0.355 e. The van der Waals surface area contributed by atoms with Crippen LogP contribution in [0, 0.1) is 5.92 Å². The Balaban J connectivity index is 1.53. The number of piperidine rings is 1. The molecule has 2 aliphatic heterocycles. The molecule has 5 heteroatoms. The summed E-state index contributed by atoms with van der Waals surface area (Å²) in [7, 11) is 0. The van der Waals surface area contributed by atoms with Crippen molar-refractivity contribution in [3.8, 4) is 0 Å². The molecule has 0 spiro atoms. The summed E-state index contributed by atoms with van der Waals surface area (Å²) >= 11 is 0. The number of hydrogen-bond acceptors (Lipinski definition) is 3. The highest BCUT2D eigenvalue weighted by atomic mass is 16.2. The van der Waals surface area contributed by atoms with Gasteiger partial charge in [-0.3, -0.25) is 14.5 Å². The molecule has 0 aliphatic carbocycles. The van der Waals surface area contributed by atoms with Crippen LogP contribution >= 0.6 is 0 Å². The van der Waals surface area contributed by atoms with Gasteiger partial charge in [-0.15, -0.1) is 0 Å². The second-order valence-corrected chi connectivity index (χ2v) is 6.15. The maximum Gasteiger partial charge on any atom is 0.234 e. The van der Waals surface area contributed by atoms with Crippen molar-refractivity contribution < 1.29 is 9.59 Å². The average Bonchev–Trinajstić information content (AvgIpc) is 2.83. The zero-order valence-electron chi connectivity index (χ0n) is 12.6. The Kier molecular flexibility index (Phi) is 5.83. The van der Waals surface area contributed by atoms with E-state index in [1.165, 1.54) is 12.8 Å². The predicted octanol–water partition coefficient (Wildman–Crippen LogP) is 0.847. The molecule has 114 valence electrons. The van der Waals surface area contributed by atoms with Gasteiger partial charge in [0.2, 0.25) is 11.8 Å². The maximum absolute atomic E-state index is 11.8. The molecule has 2 aliphatic rings. The predicted molar refractivity (Wildman–Crippen MR) is 78.3 cm³/mol. The van der Waals surface area contributed by atoms with Crippen LogP contribution in [0.2, 0.25) is 0 Å². The van der Waals surface area contributed by atoms with Crippen LogP contribution in [0.4, 0.5) is 0 Å². The molecule has 0 unspecified atom stereocenters. The highest BCUT2D eigenvalue weighted by molar-refractivity contribution is 5.78. The van der Waals surface area contributed by atoms with Crippen LogP contribution in [0.25, 0.3) is 0 Å². The number of nitrogens with one attached hydrogen (secondary N) is 1. The third-order valence-electron chi connectivity index (χ3n) is 4.34. The molecular weight excluding hydrogens is 254 g/mol. The zero-order valence-corrected chi connectivity index (χ0v) is 12.6. The van der Waals surface area contributed by atoms with Gasteiger partial charge in [0, 0.05) is 26.1 Å². The molecule has 2 amide bonds. The highest BCUT2D eigenvalue weighted by Gasteiger charge is 2.20. The Hall–Kier alpha value is -1.10. The van der Waals surface area contributed by atoms with E-state index in [0.717, 1.165) is 44.9 Å². The average molecular weight is 281 g/mol. The first-order valence-electron chi connectivity index (χ1n) is 7.92. The molecule has 0 aromatic rings. The van der Waals surface area contributed by atoms with E-state index in [1.54, 1.807) is 0 Å². The molecule has 2 heterocycles. The van der Waals surface area contributed by atoms with Crippen LogP contribution < -0.4 is 5.32 Å². The molecule has 2 saturated heterocycles. The summed E-state index contributed by atoms with van der Waals surface area (Å²) in [5.41, 5.74) is 0. The molecule has 0 atom stereocenters. The lowest BCUT2D eigenvalue weighted by Gasteiger charge is -2.29. The van der Waals surface area contributed by atoms with Crippen molar-refractivity contribution in [3.05, 3.63) is 0 Å². The fraction of sp³-hybridized carbons (Fsp3) is 0.867. The Morgan fingerprint density at radius 2 is 2.05 bits per heavy atom. The minimum absolute atomic E-state index is 0.118. The van der Waals surface area contributed by atoms with Gasteiger partial charge in [-0.1, -0.05) is 6.92 Å². The smallest absolute Gasteiger partial charge is 0.234 e. The third-order valence-corrected chi connectivity index (χ3v) is 4.34. The minimum atomic E-state index is 0.118. The first kappa shape index (κ1) is 15.3. The van der Waals surface area contributed by atoms with Crippen molar-refractivity contribution in [1.29, 1.82) is 0 Å². The Labute approximate surface area is 121 Å². The van der Waals surface area contributed by atoms with Crippen LogP contribution in [0.1, 0.15) is 39.0 Å². The monoisotopic (exact) mass is 281 g/mol. The SMILES string of the molecule is CC1CCN(CC(=O)NCCCN2CCCC2=O)CC1. The minimum Gasteiger partial charge on any atom is -0.355 e. The van der Waals surface area contributed by atoms with E-state index in [0.29, 0.717) is 19.5 Å². The second kappa shape index (κ2) is 7.62. The first-order chi connectivity index (χ1) is 9.65. The Morgan fingerprint density at radius 3 is 2.70 bits per heavy atom. The van der Waals surface area contributed by atoms with Gasteiger partial charge in [0.05, 0.1) is 6.54 Å². The number of likely N-dealkylation sites (tertiary alicyclic amines) is 2. The molecule has 5 nitrogen and oxygen atoms in total. The number of rotatable bonds is 6. The van der Waals surface area contributed by atoms with E-state index in [9.17, 15) is 9.59 Å². The van der Waals surface area contributed by atoms with E-state index >= 15 is 0 Å². The van der Waals surface area contributed by atoms with Crippen molar-refractivity contribution in [3.63, 3.8) is 0 Å². The van der Waals surface area contributed by atoms with Gasteiger partial charge in [-0.25, -0.2) is 0 Å². The van der Waals surface area contributed by atoms with E-state index < -0.39 is 0 Å². The number of nitrogens with zero attached hydrogens (tertiary/aromatic N) is 2. The maximum atomic E-state index is 11.8. The standard InChI is InChI=1S/C15H27N3O2/c1-13-5-10-17(11-6-13)12-14(19)16-7-3-9-18-8-2-4-15(18)20/h13H,2-12H2,1H3,(H,16,19). The lowest BCUT2D eigenvalue weighted by atomic mass is 9.99. The molecule has 0 aromatic carbocycles. The number of carbonyl (C=O) groups excluding carboxylic acids is 2. The molecule has 1 N–H and O–H groups in total. The molecule has 0 aromatic heterocycles. The molecule has 0 radical (unpaired) electrons. The Morgan fingerprint density at radius 1 is 1.30 bits per heavy atom. The third kappa shape index (κ3) is 4.78. The fourth-order valence-corrected chi connectivity index (χ4v) is 2.92. The Bertz CT molecular complexity index is 338. The molecule has 2 fully saturated rings. The molecule has 20 heavy (non-hydrogen) atoms. The van der Waals surface area contributed by atoms with Gasteiger partial charge in [0.1, 0.15) is 0 Å². The lowest BCUT2D eigenvalue weighted by Crippen LogP contribution is -2.41. The van der Waals surface area contributed by atoms with Crippen LogP contribution in [0.3, 0.4) is 0 Å². The van der Waals surface area contributed by atoms with Gasteiger partial charge >= 0.3 is 0 Å². The van der Waals surface area contributed by atoms with Gasteiger partial charge in [-0.05, 0) is 44.7 Å². The van der Waals surface area contributed by atoms with Gasteiger partial charge < -0.3 is 10.2 Å². The summed E-state index contributed by atoms with van der Waals surface area (Å²) in [5, 5.41) is 2.96. The summed E-state index contributed by atoms with van der Waals surface area (Å²) in [6.45, 7) is 7.21. The molecule has 0 bridgehead atoms. The first-order valence-corrected chi connectivity index (χ1v) is 7.92. The lowest BCUT2D eigenvalue weighted by molar-refractivity contribution is -0.127. The number of carbonyl (C=O) groups is 2. The van der Waals surface area contributed by atoms with Gasteiger partial charge in [-0.2, -0.15) is 0 Å². The zero-order chi connectivity index (χ0) is 14.4. The fourth-order valence-electron chi connectivity index (χ4n) is 2.92. The second-order valence-electron chi connectivity index (χ2n) is 6.15.